The van der Waals surface area contributed by atoms with E-state index < -0.39 is 0 Å². The Kier molecular flexibility index (Phi) is 4.97. The maximum atomic E-state index is 9.15. The van der Waals surface area contributed by atoms with Gasteiger partial charge < -0.3 is 10.4 Å². The van der Waals surface area contributed by atoms with Crippen LogP contribution in [-0.4, -0.2) is 18.3 Å². The number of nitrogens with one attached hydrogen (secondary N) is 1. The molecule has 0 aromatic heterocycles. The van der Waals surface area contributed by atoms with Gasteiger partial charge in [-0.2, -0.15) is 0 Å². The Hall–Kier alpha value is -0.860. The smallest absolute Gasteiger partial charge is 0.0494 e. The fourth-order valence-electron chi connectivity index (χ4n) is 1.67. The minimum Gasteiger partial charge on any atom is -0.396 e. The fourth-order valence-corrected chi connectivity index (χ4v) is 1.67. The van der Waals surface area contributed by atoms with E-state index in [1.165, 1.54) is 11.1 Å². The van der Waals surface area contributed by atoms with Crippen molar-refractivity contribution in [1.82, 2.24) is 5.32 Å². The van der Waals surface area contributed by atoms with Gasteiger partial charge in [0, 0.05) is 25.1 Å². The SMILES string of the molecule is CCc1ccccc1CNCC(C)(C)CO. The van der Waals surface area contributed by atoms with Crippen molar-refractivity contribution in [3.8, 4) is 0 Å². The van der Waals surface area contributed by atoms with Crippen molar-refractivity contribution in [1.29, 1.82) is 0 Å². The Morgan fingerprint density at radius 2 is 1.81 bits per heavy atom. The van der Waals surface area contributed by atoms with Gasteiger partial charge in [0.15, 0.2) is 0 Å². The number of hydrogen-bond donors (Lipinski definition) is 2. The van der Waals surface area contributed by atoms with Gasteiger partial charge in [-0.15, -0.1) is 0 Å². The largest absolute Gasteiger partial charge is 0.396 e. The molecule has 0 aliphatic rings. The lowest BCUT2D eigenvalue weighted by molar-refractivity contribution is 0.156. The molecule has 0 saturated carbocycles. The van der Waals surface area contributed by atoms with E-state index in [1.807, 2.05) is 0 Å². The lowest BCUT2D eigenvalue weighted by atomic mass is 9.95. The van der Waals surface area contributed by atoms with E-state index in [1.54, 1.807) is 0 Å². The molecule has 1 rings (SSSR count). The van der Waals surface area contributed by atoms with Crippen LogP contribution in [0.2, 0.25) is 0 Å². The lowest BCUT2D eigenvalue weighted by Crippen LogP contribution is -2.32. The zero-order chi connectivity index (χ0) is 12.0. The zero-order valence-electron chi connectivity index (χ0n) is 10.6. The van der Waals surface area contributed by atoms with Gasteiger partial charge in [0.1, 0.15) is 0 Å². The Labute approximate surface area is 98.7 Å². The molecule has 0 aliphatic carbocycles. The monoisotopic (exact) mass is 221 g/mol. The lowest BCUT2D eigenvalue weighted by Gasteiger charge is -2.22. The van der Waals surface area contributed by atoms with Gasteiger partial charge in [-0.05, 0) is 17.5 Å². The summed E-state index contributed by atoms with van der Waals surface area (Å²) in [5.74, 6) is 0. The van der Waals surface area contributed by atoms with Crippen LogP contribution in [0.3, 0.4) is 0 Å². The number of benzene rings is 1. The second-order valence-electron chi connectivity index (χ2n) is 5.05. The Morgan fingerprint density at radius 3 is 2.38 bits per heavy atom. The fraction of sp³-hybridized carbons (Fsp3) is 0.571. The van der Waals surface area contributed by atoms with Crippen LogP contribution in [0.15, 0.2) is 24.3 Å². The Morgan fingerprint density at radius 1 is 1.19 bits per heavy atom. The molecule has 1 aromatic rings. The van der Waals surface area contributed by atoms with Crippen molar-refractivity contribution in [2.45, 2.75) is 33.7 Å². The normalized spacial score (nSPS) is 11.8. The van der Waals surface area contributed by atoms with Gasteiger partial charge in [0.05, 0.1) is 0 Å². The first-order chi connectivity index (χ1) is 7.59. The first-order valence-corrected chi connectivity index (χ1v) is 5.97. The molecule has 0 heterocycles. The molecule has 0 fully saturated rings. The molecular weight excluding hydrogens is 198 g/mol. The van der Waals surface area contributed by atoms with Crippen LogP contribution in [0.5, 0.6) is 0 Å². The average molecular weight is 221 g/mol. The van der Waals surface area contributed by atoms with E-state index in [2.05, 4.69) is 50.4 Å². The second-order valence-corrected chi connectivity index (χ2v) is 5.05. The summed E-state index contributed by atoms with van der Waals surface area (Å²) < 4.78 is 0. The minimum absolute atomic E-state index is 0.0405. The topological polar surface area (TPSA) is 32.3 Å². The molecule has 16 heavy (non-hydrogen) atoms. The molecule has 0 atom stereocenters. The predicted octanol–water partition coefficient (Wildman–Crippen LogP) is 2.36. The standard InChI is InChI=1S/C14H23NO/c1-4-12-7-5-6-8-13(12)9-15-10-14(2,3)11-16/h5-8,15-16H,4,9-11H2,1-3H3. The highest BCUT2D eigenvalue weighted by Crippen LogP contribution is 2.13. The molecule has 2 nitrogen and oxygen atoms in total. The summed E-state index contributed by atoms with van der Waals surface area (Å²) in [5, 5.41) is 12.6. The van der Waals surface area contributed by atoms with Gasteiger partial charge in [-0.25, -0.2) is 0 Å². The van der Waals surface area contributed by atoms with Crippen molar-refractivity contribution in [2.75, 3.05) is 13.2 Å². The summed E-state index contributed by atoms with van der Waals surface area (Å²) in [6.07, 6.45) is 1.07. The number of hydrogen-bond acceptors (Lipinski definition) is 2. The highest BCUT2D eigenvalue weighted by molar-refractivity contribution is 5.26. The summed E-state index contributed by atoms with van der Waals surface area (Å²) in [6, 6.07) is 8.50. The van der Waals surface area contributed by atoms with Gasteiger partial charge >= 0.3 is 0 Å². The third-order valence-corrected chi connectivity index (χ3v) is 2.85. The third kappa shape index (κ3) is 3.95. The maximum Gasteiger partial charge on any atom is 0.0494 e. The average Bonchev–Trinajstić information content (AvgIpc) is 2.29. The molecule has 0 radical (unpaired) electrons. The van der Waals surface area contributed by atoms with Crippen LogP contribution >= 0.6 is 0 Å². The van der Waals surface area contributed by atoms with Crippen LogP contribution in [0.25, 0.3) is 0 Å². The quantitative estimate of drug-likeness (QED) is 0.773. The molecule has 1 aromatic carbocycles. The van der Waals surface area contributed by atoms with E-state index >= 15 is 0 Å². The summed E-state index contributed by atoms with van der Waals surface area (Å²) in [5.41, 5.74) is 2.72. The highest BCUT2D eigenvalue weighted by atomic mass is 16.3. The Bertz CT molecular complexity index is 320. The predicted molar refractivity (Wildman–Crippen MR) is 68.4 cm³/mol. The van der Waals surface area contributed by atoms with Gasteiger partial charge in [-0.1, -0.05) is 45.0 Å². The first kappa shape index (κ1) is 13.2. The molecule has 90 valence electrons. The van der Waals surface area contributed by atoms with E-state index in [-0.39, 0.29) is 12.0 Å². The van der Waals surface area contributed by atoms with E-state index in [0.717, 1.165) is 19.5 Å². The summed E-state index contributed by atoms with van der Waals surface area (Å²) in [6.45, 7) is 8.23. The molecule has 2 heteroatoms. The molecule has 0 amide bonds. The van der Waals surface area contributed by atoms with Crippen molar-refractivity contribution < 1.29 is 5.11 Å². The third-order valence-electron chi connectivity index (χ3n) is 2.85. The molecule has 0 aliphatic heterocycles. The van der Waals surface area contributed by atoms with E-state index in [0.29, 0.717) is 0 Å². The van der Waals surface area contributed by atoms with E-state index in [9.17, 15) is 0 Å². The summed E-state index contributed by atoms with van der Waals surface area (Å²) in [7, 11) is 0. The van der Waals surface area contributed by atoms with Crippen molar-refractivity contribution in [2.24, 2.45) is 5.41 Å². The van der Waals surface area contributed by atoms with Crippen LogP contribution < -0.4 is 5.32 Å². The zero-order valence-corrected chi connectivity index (χ0v) is 10.6. The molecule has 2 N–H and O–H groups in total. The van der Waals surface area contributed by atoms with Crippen LogP contribution in [0.4, 0.5) is 0 Å². The first-order valence-electron chi connectivity index (χ1n) is 5.97. The number of aliphatic hydroxyl groups is 1. The number of rotatable bonds is 6. The van der Waals surface area contributed by atoms with Crippen molar-refractivity contribution >= 4 is 0 Å². The van der Waals surface area contributed by atoms with Crippen LogP contribution in [0.1, 0.15) is 31.9 Å². The van der Waals surface area contributed by atoms with Crippen molar-refractivity contribution in [3.63, 3.8) is 0 Å². The Balaban J connectivity index is 2.49. The van der Waals surface area contributed by atoms with Crippen LogP contribution in [0, 0.1) is 5.41 Å². The van der Waals surface area contributed by atoms with Gasteiger partial charge in [-0.3, -0.25) is 0 Å². The minimum atomic E-state index is -0.0405. The highest BCUT2D eigenvalue weighted by Gasteiger charge is 2.15. The second kappa shape index (κ2) is 6.02. The number of aryl methyl sites for hydroxylation is 1. The van der Waals surface area contributed by atoms with Crippen LogP contribution in [-0.2, 0) is 13.0 Å². The van der Waals surface area contributed by atoms with Gasteiger partial charge in [0.2, 0.25) is 0 Å². The maximum absolute atomic E-state index is 9.15. The van der Waals surface area contributed by atoms with Crippen molar-refractivity contribution in [3.05, 3.63) is 35.4 Å². The molecule has 0 spiro atoms. The van der Waals surface area contributed by atoms with Gasteiger partial charge in [0.25, 0.3) is 0 Å². The summed E-state index contributed by atoms with van der Waals surface area (Å²) >= 11 is 0. The molecular formula is C14H23NO. The molecule has 0 bridgehead atoms. The summed E-state index contributed by atoms with van der Waals surface area (Å²) in [4.78, 5) is 0. The number of aliphatic hydroxyl groups excluding tert-OH is 1. The molecule has 0 saturated heterocycles. The van der Waals surface area contributed by atoms with E-state index in [4.69, 9.17) is 5.11 Å². The molecule has 0 unspecified atom stereocenters.